The van der Waals surface area contributed by atoms with Gasteiger partial charge in [0.05, 0.1) is 29.7 Å². The maximum Gasteiger partial charge on any atom is 0.270 e. The molecule has 0 aromatic carbocycles. The van der Waals surface area contributed by atoms with Crippen molar-refractivity contribution in [1.29, 1.82) is 5.26 Å². The monoisotopic (exact) mass is 388 g/mol. The second-order valence-corrected chi connectivity index (χ2v) is 7.05. The smallest absolute Gasteiger partial charge is 0.270 e. The molecule has 0 unspecified atom stereocenters. The van der Waals surface area contributed by atoms with E-state index in [1.165, 1.54) is 12.8 Å². The van der Waals surface area contributed by atoms with Crippen molar-refractivity contribution in [3.05, 3.63) is 48.2 Å². The normalized spacial score (nSPS) is 14.1. The summed E-state index contributed by atoms with van der Waals surface area (Å²) in [4.78, 5) is 25.2. The molecule has 0 bridgehead atoms. The Labute approximate surface area is 167 Å². The quantitative estimate of drug-likeness (QED) is 0.666. The van der Waals surface area contributed by atoms with Gasteiger partial charge in [0.25, 0.3) is 5.91 Å². The molecule has 1 aliphatic rings. The maximum absolute atomic E-state index is 12.1. The van der Waals surface area contributed by atoms with E-state index in [1.807, 2.05) is 23.9 Å². The van der Waals surface area contributed by atoms with E-state index < -0.39 is 6.04 Å². The fourth-order valence-corrected chi connectivity index (χ4v) is 2.84. The molecule has 0 radical (unpaired) electrons. The van der Waals surface area contributed by atoms with Crippen LogP contribution in [0.25, 0.3) is 11.3 Å². The Morgan fingerprint density at radius 2 is 2.10 bits per heavy atom. The van der Waals surface area contributed by atoms with E-state index in [1.54, 1.807) is 37.6 Å². The van der Waals surface area contributed by atoms with Crippen LogP contribution in [-0.2, 0) is 0 Å². The number of hydrogen-bond donors (Lipinski definition) is 2. The number of nitrogens with one attached hydrogen (secondary N) is 2. The number of aryl methyl sites for hydroxylation is 1. The van der Waals surface area contributed by atoms with Crippen LogP contribution in [0, 0.1) is 18.3 Å². The van der Waals surface area contributed by atoms with Crippen molar-refractivity contribution in [1.82, 2.24) is 30.0 Å². The van der Waals surface area contributed by atoms with Crippen molar-refractivity contribution in [3.63, 3.8) is 0 Å². The predicted octanol–water partition coefficient (Wildman–Crippen LogP) is 2.76. The van der Waals surface area contributed by atoms with Gasteiger partial charge in [-0.2, -0.15) is 10.4 Å². The van der Waals surface area contributed by atoms with Crippen molar-refractivity contribution < 1.29 is 4.79 Å². The number of nitriles is 1. The van der Waals surface area contributed by atoms with Gasteiger partial charge < -0.3 is 10.6 Å². The summed E-state index contributed by atoms with van der Waals surface area (Å²) in [5.41, 5.74) is 3.46. The molecule has 3 aromatic rings. The largest absolute Gasteiger partial charge is 0.335 e. The molecule has 1 fully saturated rings. The number of pyridine rings is 1. The molecule has 3 aromatic heterocycles. The van der Waals surface area contributed by atoms with Gasteiger partial charge in [-0.3, -0.25) is 14.5 Å². The van der Waals surface area contributed by atoms with Crippen molar-refractivity contribution in [2.45, 2.75) is 38.8 Å². The van der Waals surface area contributed by atoms with E-state index in [-0.39, 0.29) is 11.6 Å². The molecule has 1 aliphatic carbocycles. The summed E-state index contributed by atoms with van der Waals surface area (Å²) in [6, 6.07) is 5.29. The molecule has 3 heterocycles. The maximum atomic E-state index is 12.1. The zero-order valence-corrected chi connectivity index (χ0v) is 16.1. The molecule has 4 rings (SSSR count). The lowest BCUT2D eigenvalue weighted by atomic mass is 10.1. The van der Waals surface area contributed by atoms with Crippen molar-refractivity contribution in [2.75, 3.05) is 5.32 Å². The van der Waals surface area contributed by atoms with Crippen molar-refractivity contribution in [2.24, 2.45) is 0 Å². The van der Waals surface area contributed by atoms with E-state index in [0.29, 0.717) is 12.0 Å². The van der Waals surface area contributed by atoms with Crippen LogP contribution in [0.5, 0.6) is 0 Å². The standard InChI is InChI=1S/C20H20N8O/c1-12-8-23-20(26-15-10-24-28(11-15)16-4-5-16)27-18(12)14-3-6-17(22-9-14)19(29)25-13(2)7-21/h3,6,8-11,13,16H,4-5H2,1-2H3,(H,25,29)(H,23,26,27)/t13-/m0/s1. The molecular formula is C20H20N8O. The molecular weight excluding hydrogens is 368 g/mol. The Bertz CT molecular complexity index is 1080. The number of carbonyl (C=O) groups excluding carboxylic acids is 1. The Kier molecular flexibility index (Phi) is 4.91. The predicted molar refractivity (Wildman–Crippen MR) is 106 cm³/mol. The fourth-order valence-electron chi connectivity index (χ4n) is 2.84. The SMILES string of the molecule is Cc1cnc(Nc2cnn(C3CC3)c2)nc1-c1ccc(C(=O)N[C@@H](C)C#N)nc1. The minimum atomic E-state index is -0.578. The first-order chi connectivity index (χ1) is 14.0. The molecule has 2 N–H and O–H groups in total. The van der Waals surface area contributed by atoms with E-state index >= 15 is 0 Å². The highest BCUT2D eigenvalue weighted by Crippen LogP contribution is 2.34. The molecule has 0 spiro atoms. The highest BCUT2D eigenvalue weighted by molar-refractivity contribution is 5.92. The lowest BCUT2D eigenvalue weighted by Gasteiger charge is -2.09. The van der Waals surface area contributed by atoms with Crippen LogP contribution >= 0.6 is 0 Å². The Morgan fingerprint density at radius 1 is 1.28 bits per heavy atom. The fraction of sp³-hybridized carbons (Fsp3) is 0.300. The van der Waals surface area contributed by atoms with Crippen LogP contribution < -0.4 is 10.6 Å². The summed E-state index contributed by atoms with van der Waals surface area (Å²) in [7, 11) is 0. The van der Waals surface area contributed by atoms with Gasteiger partial charge in [0.2, 0.25) is 5.95 Å². The zero-order valence-electron chi connectivity index (χ0n) is 16.1. The lowest BCUT2D eigenvalue weighted by molar-refractivity contribution is 0.0943. The zero-order chi connectivity index (χ0) is 20.4. The lowest BCUT2D eigenvalue weighted by Crippen LogP contribution is -2.31. The second-order valence-electron chi connectivity index (χ2n) is 7.05. The van der Waals surface area contributed by atoms with Crippen LogP contribution in [-0.4, -0.2) is 36.7 Å². The molecule has 9 heteroatoms. The number of amides is 1. The Morgan fingerprint density at radius 3 is 2.79 bits per heavy atom. The van der Waals surface area contributed by atoms with E-state index in [2.05, 4.69) is 30.7 Å². The third kappa shape index (κ3) is 4.21. The highest BCUT2D eigenvalue weighted by atomic mass is 16.1. The topological polar surface area (TPSA) is 121 Å². The Balaban J connectivity index is 1.52. The average molecular weight is 388 g/mol. The van der Waals surface area contributed by atoms with Gasteiger partial charge >= 0.3 is 0 Å². The minimum Gasteiger partial charge on any atom is -0.335 e. The summed E-state index contributed by atoms with van der Waals surface area (Å²) >= 11 is 0. The van der Waals surface area contributed by atoms with Crippen LogP contribution in [0.1, 0.15) is 41.9 Å². The Hall–Kier alpha value is -3.80. The number of anilines is 2. The van der Waals surface area contributed by atoms with Gasteiger partial charge in [-0.15, -0.1) is 0 Å². The molecule has 1 atom stereocenters. The second kappa shape index (κ2) is 7.67. The van der Waals surface area contributed by atoms with Crippen LogP contribution in [0.15, 0.2) is 36.9 Å². The van der Waals surface area contributed by atoms with Gasteiger partial charge in [0.1, 0.15) is 11.7 Å². The van der Waals surface area contributed by atoms with E-state index in [4.69, 9.17) is 5.26 Å². The van der Waals surface area contributed by atoms with Crippen molar-refractivity contribution >= 4 is 17.5 Å². The van der Waals surface area contributed by atoms with Crippen LogP contribution in [0.3, 0.4) is 0 Å². The van der Waals surface area contributed by atoms with E-state index in [9.17, 15) is 4.79 Å². The number of aromatic nitrogens is 5. The molecule has 146 valence electrons. The summed E-state index contributed by atoms with van der Waals surface area (Å²) in [6.45, 7) is 3.53. The summed E-state index contributed by atoms with van der Waals surface area (Å²) < 4.78 is 1.96. The average Bonchev–Trinajstić information content (AvgIpc) is 3.48. The van der Waals surface area contributed by atoms with E-state index in [0.717, 1.165) is 22.5 Å². The van der Waals surface area contributed by atoms with Gasteiger partial charge in [0.15, 0.2) is 0 Å². The molecule has 29 heavy (non-hydrogen) atoms. The van der Waals surface area contributed by atoms with Gasteiger partial charge in [0, 0.05) is 24.2 Å². The van der Waals surface area contributed by atoms with Gasteiger partial charge in [-0.25, -0.2) is 9.97 Å². The first kappa shape index (κ1) is 18.6. The summed E-state index contributed by atoms with van der Waals surface area (Å²) in [5.74, 6) is 0.0747. The third-order valence-corrected chi connectivity index (χ3v) is 4.56. The minimum absolute atomic E-state index is 0.244. The molecule has 0 saturated heterocycles. The number of hydrogen-bond acceptors (Lipinski definition) is 7. The van der Waals surface area contributed by atoms with Gasteiger partial charge in [-0.1, -0.05) is 0 Å². The summed E-state index contributed by atoms with van der Waals surface area (Å²) in [6.07, 6.45) is 9.39. The van der Waals surface area contributed by atoms with Crippen molar-refractivity contribution in [3.8, 4) is 17.3 Å². The summed E-state index contributed by atoms with van der Waals surface area (Å²) in [5, 5.41) is 18.9. The molecule has 1 saturated carbocycles. The number of nitrogens with zero attached hydrogens (tertiary/aromatic N) is 6. The van der Waals surface area contributed by atoms with Crippen LogP contribution in [0.2, 0.25) is 0 Å². The number of carbonyl (C=O) groups is 1. The first-order valence-electron chi connectivity index (χ1n) is 9.35. The van der Waals surface area contributed by atoms with Crippen LogP contribution in [0.4, 0.5) is 11.6 Å². The molecule has 9 nitrogen and oxygen atoms in total. The third-order valence-electron chi connectivity index (χ3n) is 4.56. The number of rotatable bonds is 6. The molecule has 0 aliphatic heterocycles. The van der Waals surface area contributed by atoms with Gasteiger partial charge in [-0.05, 0) is 44.4 Å². The first-order valence-corrected chi connectivity index (χ1v) is 9.35. The molecule has 1 amide bonds. The highest BCUT2D eigenvalue weighted by Gasteiger charge is 2.24.